The molecule has 0 spiro atoms. The zero-order chi connectivity index (χ0) is 24.2. The molecule has 170 valence electrons. The van der Waals surface area contributed by atoms with Crippen molar-refractivity contribution in [2.45, 2.75) is 6.10 Å². The lowest BCUT2D eigenvalue weighted by Crippen LogP contribution is -2.21. The molecule has 0 bridgehead atoms. The number of esters is 1. The molecule has 1 heterocycles. The van der Waals surface area contributed by atoms with Crippen LogP contribution in [0.4, 0.5) is 0 Å². The van der Waals surface area contributed by atoms with Crippen LogP contribution >= 0.6 is 0 Å². The summed E-state index contributed by atoms with van der Waals surface area (Å²) in [5, 5.41) is 0.745. The Morgan fingerprint density at radius 3 is 1.97 bits per heavy atom. The number of benzene rings is 4. The molecule has 35 heavy (non-hydrogen) atoms. The van der Waals surface area contributed by atoms with Gasteiger partial charge in [0.25, 0.3) is 0 Å². The fourth-order valence-electron chi connectivity index (χ4n) is 4.09. The standard InChI is InChI=1S/C30H21NO4/c32-27(20-11-3-1-4-12-20)23-16-7-8-17-24(23)30(34)35-29(21-13-5-2-6-14-21)28(33)25-19-31-26-18-10-9-15-22(25)26/h1-19,29,31H/t29-/m0/s1. The Morgan fingerprint density at radius 2 is 1.23 bits per heavy atom. The molecular formula is C30H21NO4. The van der Waals surface area contributed by atoms with Gasteiger partial charge in [-0.15, -0.1) is 0 Å². The van der Waals surface area contributed by atoms with Crippen molar-refractivity contribution >= 4 is 28.4 Å². The van der Waals surface area contributed by atoms with Gasteiger partial charge < -0.3 is 9.72 Å². The Morgan fingerprint density at radius 1 is 0.629 bits per heavy atom. The number of nitrogens with one attached hydrogen (secondary N) is 1. The fourth-order valence-corrected chi connectivity index (χ4v) is 4.09. The molecular weight excluding hydrogens is 438 g/mol. The van der Waals surface area contributed by atoms with Gasteiger partial charge in [0.2, 0.25) is 5.78 Å². The lowest BCUT2D eigenvalue weighted by atomic mass is 9.97. The van der Waals surface area contributed by atoms with E-state index in [0.717, 1.165) is 10.9 Å². The fraction of sp³-hybridized carbons (Fsp3) is 0.0333. The van der Waals surface area contributed by atoms with Crippen LogP contribution in [0.25, 0.3) is 10.9 Å². The summed E-state index contributed by atoms with van der Waals surface area (Å²) in [7, 11) is 0. The minimum Gasteiger partial charge on any atom is -0.445 e. The Bertz CT molecular complexity index is 1520. The summed E-state index contributed by atoms with van der Waals surface area (Å²) < 4.78 is 5.83. The van der Waals surface area contributed by atoms with E-state index in [0.29, 0.717) is 16.7 Å². The molecule has 4 aromatic carbocycles. The van der Waals surface area contributed by atoms with Gasteiger partial charge in [-0.3, -0.25) is 9.59 Å². The third kappa shape index (κ3) is 4.39. The molecule has 0 aliphatic rings. The van der Waals surface area contributed by atoms with Crippen molar-refractivity contribution in [2.24, 2.45) is 0 Å². The van der Waals surface area contributed by atoms with Crippen molar-refractivity contribution in [3.8, 4) is 0 Å². The van der Waals surface area contributed by atoms with E-state index in [4.69, 9.17) is 4.74 Å². The Labute approximate surface area is 202 Å². The van der Waals surface area contributed by atoms with Crippen LogP contribution in [0.2, 0.25) is 0 Å². The SMILES string of the molecule is O=C(O[C@H](C(=O)c1c[nH]c2ccccc12)c1ccccc1)c1ccccc1C(=O)c1ccccc1. The first-order chi connectivity index (χ1) is 17.1. The van der Waals surface area contributed by atoms with Gasteiger partial charge in [-0.1, -0.05) is 97.1 Å². The van der Waals surface area contributed by atoms with E-state index < -0.39 is 12.1 Å². The summed E-state index contributed by atoms with van der Waals surface area (Å²) in [6, 6.07) is 31.5. The minimum atomic E-state index is -1.18. The van der Waals surface area contributed by atoms with E-state index in [1.807, 2.05) is 36.4 Å². The summed E-state index contributed by atoms with van der Waals surface area (Å²) in [4.78, 5) is 43.3. The number of hydrogen-bond acceptors (Lipinski definition) is 4. The smallest absolute Gasteiger partial charge is 0.339 e. The molecule has 0 radical (unpaired) electrons. The number of fused-ring (bicyclic) bond motifs is 1. The Kier molecular flexibility index (Phi) is 6.05. The van der Waals surface area contributed by atoms with E-state index >= 15 is 0 Å². The van der Waals surface area contributed by atoms with E-state index in [9.17, 15) is 14.4 Å². The molecule has 5 aromatic rings. The molecule has 1 atom stereocenters. The van der Waals surface area contributed by atoms with Gasteiger partial charge in [0, 0.05) is 39.4 Å². The van der Waals surface area contributed by atoms with Crippen molar-refractivity contribution in [3.63, 3.8) is 0 Å². The maximum atomic E-state index is 13.7. The monoisotopic (exact) mass is 459 g/mol. The molecule has 0 amide bonds. The first kappa shape index (κ1) is 22.0. The number of aromatic amines is 1. The zero-order valence-corrected chi connectivity index (χ0v) is 18.7. The minimum absolute atomic E-state index is 0.106. The third-order valence-corrected chi connectivity index (χ3v) is 5.85. The third-order valence-electron chi connectivity index (χ3n) is 5.85. The number of hydrogen-bond donors (Lipinski definition) is 1. The van der Waals surface area contributed by atoms with Crippen molar-refractivity contribution in [1.29, 1.82) is 0 Å². The van der Waals surface area contributed by atoms with Crippen LogP contribution in [0, 0.1) is 0 Å². The molecule has 0 saturated heterocycles. The van der Waals surface area contributed by atoms with Crippen molar-refractivity contribution in [1.82, 2.24) is 4.98 Å². The number of carbonyl (C=O) groups is 3. The Hall–Kier alpha value is -4.77. The van der Waals surface area contributed by atoms with E-state index in [-0.39, 0.29) is 22.7 Å². The number of Topliss-reactive ketones (excluding diaryl/α,β-unsaturated/α-hetero) is 1. The lowest BCUT2D eigenvalue weighted by molar-refractivity contribution is 0.0279. The molecule has 0 saturated carbocycles. The molecule has 0 fully saturated rings. The molecule has 5 heteroatoms. The Balaban J connectivity index is 1.51. The van der Waals surface area contributed by atoms with Crippen LogP contribution in [0.5, 0.6) is 0 Å². The van der Waals surface area contributed by atoms with Crippen molar-refractivity contribution in [3.05, 3.63) is 143 Å². The second kappa shape index (κ2) is 9.61. The highest BCUT2D eigenvalue weighted by Crippen LogP contribution is 2.28. The van der Waals surface area contributed by atoms with Crippen LogP contribution in [-0.2, 0) is 4.74 Å². The second-order valence-corrected chi connectivity index (χ2v) is 8.05. The summed E-state index contributed by atoms with van der Waals surface area (Å²) in [6.45, 7) is 0. The summed E-state index contributed by atoms with van der Waals surface area (Å²) >= 11 is 0. The topological polar surface area (TPSA) is 76.2 Å². The summed E-state index contributed by atoms with van der Waals surface area (Å²) in [5.74, 6) is -1.39. The van der Waals surface area contributed by atoms with Crippen molar-refractivity contribution in [2.75, 3.05) is 0 Å². The van der Waals surface area contributed by atoms with Gasteiger partial charge in [-0.05, 0) is 12.1 Å². The molecule has 1 N–H and O–H groups in total. The van der Waals surface area contributed by atoms with Gasteiger partial charge in [-0.25, -0.2) is 4.79 Å². The quantitative estimate of drug-likeness (QED) is 0.233. The highest BCUT2D eigenvalue weighted by atomic mass is 16.5. The predicted octanol–water partition coefficient (Wildman–Crippen LogP) is 6.18. The summed E-state index contributed by atoms with van der Waals surface area (Å²) in [5.41, 5.74) is 2.57. The van der Waals surface area contributed by atoms with Gasteiger partial charge in [0.15, 0.2) is 11.9 Å². The molecule has 1 aromatic heterocycles. The van der Waals surface area contributed by atoms with Crippen LogP contribution in [0.3, 0.4) is 0 Å². The molecule has 5 nitrogen and oxygen atoms in total. The summed E-state index contributed by atoms with van der Waals surface area (Å²) in [6.07, 6.45) is 0.451. The molecule has 0 aliphatic heterocycles. The van der Waals surface area contributed by atoms with Crippen LogP contribution < -0.4 is 0 Å². The van der Waals surface area contributed by atoms with E-state index in [1.54, 1.807) is 72.9 Å². The molecule has 0 unspecified atom stereocenters. The number of aromatic nitrogens is 1. The number of rotatable bonds is 7. The first-order valence-corrected chi connectivity index (χ1v) is 11.2. The molecule has 0 aliphatic carbocycles. The van der Waals surface area contributed by atoms with Crippen molar-refractivity contribution < 1.29 is 19.1 Å². The number of H-pyrrole nitrogens is 1. The first-order valence-electron chi connectivity index (χ1n) is 11.2. The number of para-hydroxylation sites is 1. The highest BCUT2D eigenvalue weighted by Gasteiger charge is 2.30. The normalized spacial score (nSPS) is 11.7. The zero-order valence-electron chi connectivity index (χ0n) is 18.7. The van der Waals surface area contributed by atoms with Gasteiger partial charge in [0.05, 0.1) is 5.56 Å². The van der Waals surface area contributed by atoms with Crippen LogP contribution in [0.15, 0.2) is 115 Å². The van der Waals surface area contributed by atoms with E-state index in [1.165, 1.54) is 6.07 Å². The van der Waals surface area contributed by atoms with Gasteiger partial charge in [-0.2, -0.15) is 0 Å². The van der Waals surface area contributed by atoms with Crippen LogP contribution in [-0.4, -0.2) is 22.5 Å². The average Bonchev–Trinajstić information content (AvgIpc) is 3.36. The lowest BCUT2D eigenvalue weighted by Gasteiger charge is -2.18. The second-order valence-electron chi connectivity index (χ2n) is 8.05. The number of ketones is 2. The molecule has 5 rings (SSSR count). The van der Waals surface area contributed by atoms with Gasteiger partial charge in [0.1, 0.15) is 0 Å². The number of carbonyl (C=O) groups excluding carboxylic acids is 3. The largest absolute Gasteiger partial charge is 0.445 e. The van der Waals surface area contributed by atoms with Gasteiger partial charge >= 0.3 is 5.97 Å². The van der Waals surface area contributed by atoms with E-state index in [2.05, 4.69) is 4.98 Å². The predicted molar refractivity (Wildman–Crippen MR) is 134 cm³/mol. The number of ether oxygens (including phenoxy) is 1. The maximum Gasteiger partial charge on any atom is 0.339 e. The maximum absolute atomic E-state index is 13.7. The highest BCUT2D eigenvalue weighted by molar-refractivity contribution is 6.15. The average molecular weight is 460 g/mol. The van der Waals surface area contributed by atoms with Crippen LogP contribution in [0.1, 0.15) is 48.3 Å².